The summed E-state index contributed by atoms with van der Waals surface area (Å²) in [4.78, 5) is 4.64. The zero-order valence-electron chi connectivity index (χ0n) is 16.7. The van der Waals surface area contributed by atoms with Crippen LogP contribution < -0.4 is 20.1 Å². The average molecular weight is 487 g/mol. The van der Waals surface area contributed by atoms with E-state index >= 15 is 0 Å². The number of aliphatic imine (C=N–C) groups is 1. The molecular weight excluding hydrogens is 457 g/mol. The van der Waals surface area contributed by atoms with Crippen LogP contribution >= 0.6 is 24.0 Å². The summed E-state index contributed by atoms with van der Waals surface area (Å²) >= 11 is 0. The van der Waals surface area contributed by atoms with E-state index in [1.807, 2.05) is 49.1 Å². The second-order valence-electron chi connectivity index (χ2n) is 6.02. The monoisotopic (exact) mass is 487 g/mol. The highest BCUT2D eigenvalue weighted by Gasteiger charge is 2.14. The van der Waals surface area contributed by atoms with Crippen molar-refractivity contribution in [2.45, 2.75) is 33.4 Å². The first-order valence-electron chi connectivity index (χ1n) is 8.83. The smallest absolute Gasteiger partial charge is 0.191 e. The second kappa shape index (κ2) is 11.7. The highest BCUT2D eigenvalue weighted by Crippen LogP contribution is 2.29. The molecular formula is C19H30IN5O2. The lowest BCUT2D eigenvalue weighted by molar-refractivity contribution is 0.394. The number of hydrogen-bond donors (Lipinski definition) is 2. The van der Waals surface area contributed by atoms with Gasteiger partial charge in [-0.1, -0.05) is 0 Å². The molecule has 2 rings (SSSR count). The minimum atomic E-state index is 0. The van der Waals surface area contributed by atoms with E-state index in [-0.39, 0.29) is 30.0 Å². The van der Waals surface area contributed by atoms with Crippen molar-refractivity contribution in [3.8, 4) is 11.5 Å². The number of nitrogens with one attached hydrogen (secondary N) is 2. The molecule has 0 aliphatic rings. The molecule has 8 heteroatoms. The zero-order valence-corrected chi connectivity index (χ0v) is 19.0. The Kier molecular flexibility index (Phi) is 9.98. The summed E-state index contributed by atoms with van der Waals surface area (Å²) in [6, 6.07) is 5.79. The van der Waals surface area contributed by atoms with Crippen LogP contribution in [0.3, 0.4) is 0 Å². The maximum absolute atomic E-state index is 5.48. The van der Waals surface area contributed by atoms with Crippen molar-refractivity contribution >= 4 is 29.9 Å². The Bertz CT molecular complexity index is 733. The maximum Gasteiger partial charge on any atom is 0.191 e. The van der Waals surface area contributed by atoms with Crippen LogP contribution in [0, 0.1) is 6.92 Å². The fraction of sp³-hybridized carbons (Fsp3) is 0.474. The van der Waals surface area contributed by atoms with Gasteiger partial charge in [0.1, 0.15) is 11.5 Å². The van der Waals surface area contributed by atoms with Crippen LogP contribution in [0.4, 0.5) is 0 Å². The molecule has 7 nitrogen and oxygen atoms in total. The number of rotatable bonds is 8. The molecule has 0 spiro atoms. The van der Waals surface area contributed by atoms with Gasteiger partial charge in [-0.25, -0.2) is 0 Å². The van der Waals surface area contributed by atoms with Gasteiger partial charge >= 0.3 is 0 Å². The van der Waals surface area contributed by atoms with Crippen molar-refractivity contribution in [3.05, 3.63) is 41.7 Å². The summed E-state index contributed by atoms with van der Waals surface area (Å²) in [7, 11) is 3.33. The van der Waals surface area contributed by atoms with Gasteiger partial charge in [-0.2, -0.15) is 5.10 Å². The summed E-state index contributed by atoms with van der Waals surface area (Å²) in [5.41, 5.74) is 2.16. The van der Waals surface area contributed by atoms with Gasteiger partial charge in [-0.15, -0.1) is 24.0 Å². The highest BCUT2D eigenvalue weighted by atomic mass is 127. The molecule has 150 valence electrons. The van der Waals surface area contributed by atoms with Crippen molar-refractivity contribution in [2.24, 2.45) is 4.99 Å². The second-order valence-corrected chi connectivity index (χ2v) is 6.02. The van der Waals surface area contributed by atoms with Crippen LogP contribution in [0.25, 0.3) is 0 Å². The Balaban J connectivity index is 0.00000364. The topological polar surface area (TPSA) is 72.7 Å². The van der Waals surface area contributed by atoms with Crippen LogP contribution in [0.2, 0.25) is 0 Å². The summed E-state index contributed by atoms with van der Waals surface area (Å²) < 4.78 is 12.7. The number of hydrogen-bond acceptors (Lipinski definition) is 4. The van der Waals surface area contributed by atoms with Crippen molar-refractivity contribution < 1.29 is 9.47 Å². The lowest BCUT2D eigenvalue weighted by Gasteiger charge is -2.20. The summed E-state index contributed by atoms with van der Waals surface area (Å²) in [6.45, 7) is 8.31. The number of aromatic nitrogens is 2. The van der Waals surface area contributed by atoms with Crippen molar-refractivity contribution in [1.29, 1.82) is 0 Å². The molecule has 1 heterocycles. The molecule has 0 aliphatic carbocycles. The van der Waals surface area contributed by atoms with Crippen molar-refractivity contribution in [2.75, 3.05) is 27.3 Å². The fourth-order valence-electron chi connectivity index (χ4n) is 2.63. The summed E-state index contributed by atoms with van der Waals surface area (Å²) in [5, 5.41) is 11.0. The minimum absolute atomic E-state index is 0. The lowest BCUT2D eigenvalue weighted by Crippen LogP contribution is -2.39. The van der Waals surface area contributed by atoms with E-state index in [9.17, 15) is 0 Å². The maximum atomic E-state index is 5.48. The van der Waals surface area contributed by atoms with Crippen molar-refractivity contribution in [3.63, 3.8) is 0 Å². The van der Waals surface area contributed by atoms with E-state index in [0.717, 1.165) is 41.7 Å². The summed E-state index contributed by atoms with van der Waals surface area (Å²) in [6.07, 6.45) is 3.86. The first kappa shape index (κ1) is 23.1. The Labute approximate surface area is 178 Å². The molecule has 0 aliphatic heterocycles. The summed E-state index contributed by atoms with van der Waals surface area (Å²) in [5.74, 6) is 2.37. The molecule has 0 saturated heterocycles. The molecule has 1 aromatic heterocycles. The standard InChI is InChI=1S/C19H29N5O2.HI/c1-6-20-19(21-9-10-24-13-14(2)12-22-24)23-15(3)17-11-16(25-4)7-8-18(17)26-5;/h7-8,11-13,15H,6,9-10H2,1-5H3,(H2,20,21,23);1H. The third-order valence-electron chi connectivity index (χ3n) is 3.96. The molecule has 0 amide bonds. The van der Waals surface area contributed by atoms with Crippen LogP contribution in [-0.2, 0) is 6.54 Å². The fourth-order valence-corrected chi connectivity index (χ4v) is 2.63. The van der Waals surface area contributed by atoms with E-state index in [1.165, 1.54) is 0 Å². The molecule has 0 bridgehead atoms. The minimum Gasteiger partial charge on any atom is -0.497 e. The van der Waals surface area contributed by atoms with E-state index in [2.05, 4.69) is 27.6 Å². The predicted molar refractivity (Wildman–Crippen MR) is 119 cm³/mol. The molecule has 1 unspecified atom stereocenters. The van der Waals surface area contributed by atoms with Gasteiger partial charge in [0, 0.05) is 18.3 Å². The Morgan fingerprint density at radius 2 is 2.07 bits per heavy atom. The van der Waals surface area contributed by atoms with Gasteiger partial charge in [-0.3, -0.25) is 9.67 Å². The number of aryl methyl sites for hydroxylation is 1. The first-order chi connectivity index (χ1) is 12.6. The molecule has 2 aromatic rings. The molecule has 0 fully saturated rings. The zero-order chi connectivity index (χ0) is 18.9. The molecule has 27 heavy (non-hydrogen) atoms. The van der Waals surface area contributed by atoms with E-state index in [0.29, 0.717) is 6.54 Å². The Morgan fingerprint density at radius 3 is 2.67 bits per heavy atom. The van der Waals surface area contributed by atoms with E-state index < -0.39 is 0 Å². The van der Waals surface area contributed by atoms with Crippen LogP contribution in [-0.4, -0.2) is 43.0 Å². The van der Waals surface area contributed by atoms with E-state index in [4.69, 9.17) is 9.47 Å². The van der Waals surface area contributed by atoms with E-state index in [1.54, 1.807) is 14.2 Å². The molecule has 1 atom stereocenters. The van der Waals surface area contributed by atoms with Gasteiger partial charge in [0.15, 0.2) is 5.96 Å². The first-order valence-corrected chi connectivity index (χ1v) is 8.83. The number of nitrogens with zero attached hydrogens (tertiary/aromatic N) is 3. The predicted octanol–water partition coefficient (Wildman–Crippen LogP) is 3.14. The van der Waals surface area contributed by atoms with Crippen LogP contribution in [0.1, 0.15) is 31.0 Å². The number of ether oxygens (including phenoxy) is 2. The van der Waals surface area contributed by atoms with Gasteiger partial charge in [0.2, 0.25) is 0 Å². The molecule has 2 N–H and O–H groups in total. The van der Waals surface area contributed by atoms with Gasteiger partial charge < -0.3 is 20.1 Å². The van der Waals surface area contributed by atoms with Gasteiger partial charge in [-0.05, 0) is 44.5 Å². The van der Waals surface area contributed by atoms with Crippen LogP contribution in [0.5, 0.6) is 11.5 Å². The van der Waals surface area contributed by atoms with Gasteiger partial charge in [0.25, 0.3) is 0 Å². The third kappa shape index (κ3) is 6.93. The molecule has 1 aromatic carbocycles. The highest BCUT2D eigenvalue weighted by molar-refractivity contribution is 14.0. The quantitative estimate of drug-likeness (QED) is 0.340. The van der Waals surface area contributed by atoms with Crippen LogP contribution in [0.15, 0.2) is 35.6 Å². The Hall–Kier alpha value is -1.97. The largest absolute Gasteiger partial charge is 0.497 e. The SMILES string of the molecule is CCNC(=NCCn1cc(C)cn1)NC(C)c1cc(OC)ccc1OC.I. The normalized spacial score (nSPS) is 12.1. The number of guanidine groups is 1. The van der Waals surface area contributed by atoms with Crippen molar-refractivity contribution in [1.82, 2.24) is 20.4 Å². The third-order valence-corrected chi connectivity index (χ3v) is 3.96. The average Bonchev–Trinajstić information content (AvgIpc) is 3.06. The number of benzene rings is 1. The molecule has 0 saturated carbocycles. The Morgan fingerprint density at radius 1 is 1.30 bits per heavy atom. The number of methoxy groups -OCH3 is 2. The lowest BCUT2D eigenvalue weighted by atomic mass is 10.1. The molecule has 0 radical (unpaired) electrons. The number of halogens is 1. The van der Waals surface area contributed by atoms with Gasteiger partial charge in [0.05, 0.1) is 39.5 Å².